The summed E-state index contributed by atoms with van der Waals surface area (Å²) in [5.74, 6) is -0.909. The summed E-state index contributed by atoms with van der Waals surface area (Å²) in [4.78, 5) is 10.4. The molecular formula is C11H15NO7S. The van der Waals surface area contributed by atoms with Crippen molar-refractivity contribution in [2.75, 3.05) is 7.11 Å². The molecule has 0 bridgehead atoms. The van der Waals surface area contributed by atoms with E-state index in [1.54, 1.807) is 0 Å². The van der Waals surface area contributed by atoms with Crippen LogP contribution in [0.2, 0.25) is 0 Å². The number of carbonyl (C=O) groups is 1. The molecule has 0 saturated carbocycles. The number of aliphatic hydroxyl groups excluding tert-OH is 1. The lowest BCUT2D eigenvalue weighted by Gasteiger charge is -2.18. The molecule has 1 rings (SSSR count). The van der Waals surface area contributed by atoms with E-state index >= 15 is 0 Å². The number of nitrogens with one attached hydrogen (secondary N) is 1. The lowest BCUT2D eigenvalue weighted by molar-refractivity contribution is -0.141. The SMILES string of the molecule is COc1ccc(S(=O)(=O)NC(CC(=O)O)C(O)O)cc1. The maximum atomic E-state index is 12.0. The normalized spacial score (nSPS) is 13.2. The van der Waals surface area contributed by atoms with Gasteiger partial charge in [-0.05, 0) is 24.3 Å². The highest BCUT2D eigenvalue weighted by molar-refractivity contribution is 7.89. The van der Waals surface area contributed by atoms with Crippen LogP contribution in [-0.4, -0.2) is 49.1 Å². The predicted molar refractivity (Wildman–Crippen MR) is 67.6 cm³/mol. The first-order valence-electron chi connectivity index (χ1n) is 5.50. The quantitative estimate of drug-likeness (QED) is 0.481. The summed E-state index contributed by atoms with van der Waals surface area (Å²) >= 11 is 0. The molecule has 9 heteroatoms. The summed E-state index contributed by atoms with van der Waals surface area (Å²) in [7, 11) is -2.64. The van der Waals surface area contributed by atoms with Crippen LogP contribution in [0.3, 0.4) is 0 Å². The number of hydrogen-bond donors (Lipinski definition) is 4. The Labute approximate surface area is 115 Å². The highest BCUT2D eigenvalue weighted by Crippen LogP contribution is 2.16. The Kier molecular flexibility index (Phi) is 5.45. The van der Waals surface area contributed by atoms with Gasteiger partial charge in [-0.2, -0.15) is 0 Å². The van der Waals surface area contributed by atoms with Gasteiger partial charge in [-0.15, -0.1) is 0 Å². The molecule has 0 saturated heterocycles. The van der Waals surface area contributed by atoms with Gasteiger partial charge in [-0.3, -0.25) is 4.79 Å². The first-order chi connectivity index (χ1) is 9.26. The van der Waals surface area contributed by atoms with Crippen LogP contribution in [0, 0.1) is 0 Å². The number of sulfonamides is 1. The summed E-state index contributed by atoms with van der Waals surface area (Å²) in [6, 6.07) is 3.79. The zero-order valence-corrected chi connectivity index (χ0v) is 11.4. The highest BCUT2D eigenvalue weighted by Gasteiger charge is 2.26. The van der Waals surface area contributed by atoms with Gasteiger partial charge in [0.15, 0.2) is 6.29 Å². The topological polar surface area (TPSA) is 133 Å². The van der Waals surface area contributed by atoms with Crippen molar-refractivity contribution in [2.24, 2.45) is 0 Å². The predicted octanol–water partition coefficient (Wildman–Crippen LogP) is -0.873. The number of aliphatic carboxylic acids is 1. The molecule has 112 valence electrons. The molecule has 0 heterocycles. The van der Waals surface area contributed by atoms with Crippen LogP contribution in [0.1, 0.15) is 6.42 Å². The Bertz CT molecular complexity index is 553. The molecule has 0 aliphatic heterocycles. The monoisotopic (exact) mass is 305 g/mol. The van der Waals surface area contributed by atoms with E-state index in [4.69, 9.17) is 20.1 Å². The Morgan fingerprint density at radius 3 is 2.25 bits per heavy atom. The molecule has 20 heavy (non-hydrogen) atoms. The van der Waals surface area contributed by atoms with Gasteiger partial charge in [0.1, 0.15) is 5.75 Å². The summed E-state index contributed by atoms with van der Waals surface area (Å²) < 4.78 is 30.7. The minimum absolute atomic E-state index is 0.144. The Balaban J connectivity index is 2.93. The van der Waals surface area contributed by atoms with Crippen LogP contribution in [0.5, 0.6) is 5.75 Å². The molecule has 8 nitrogen and oxygen atoms in total. The second kappa shape index (κ2) is 6.66. The van der Waals surface area contributed by atoms with Gasteiger partial charge in [0.05, 0.1) is 24.5 Å². The fourth-order valence-corrected chi connectivity index (χ4v) is 2.65. The molecule has 1 aromatic rings. The van der Waals surface area contributed by atoms with E-state index in [2.05, 4.69) is 0 Å². The molecule has 0 radical (unpaired) electrons. The molecule has 1 unspecified atom stereocenters. The van der Waals surface area contributed by atoms with E-state index in [1.807, 2.05) is 4.72 Å². The van der Waals surface area contributed by atoms with Gasteiger partial charge in [-0.1, -0.05) is 0 Å². The first-order valence-corrected chi connectivity index (χ1v) is 6.99. The van der Waals surface area contributed by atoms with Crippen molar-refractivity contribution in [3.8, 4) is 5.75 Å². The van der Waals surface area contributed by atoms with Crippen molar-refractivity contribution in [1.29, 1.82) is 0 Å². The van der Waals surface area contributed by atoms with E-state index in [-0.39, 0.29) is 4.90 Å². The molecule has 4 N–H and O–H groups in total. The zero-order chi connectivity index (χ0) is 15.3. The standard InChI is InChI=1S/C11H15NO7S/c1-19-7-2-4-8(5-3-7)20(17,18)12-9(11(15)16)6-10(13)14/h2-5,9,11-12,15-16H,6H2,1H3,(H,13,14). The Morgan fingerprint density at radius 2 is 1.85 bits per heavy atom. The van der Waals surface area contributed by atoms with Crippen LogP contribution >= 0.6 is 0 Å². The number of hydrogen-bond acceptors (Lipinski definition) is 6. The minimum atomic E-state index is -4.06. The lowest BCUT2D eigenvalue weighted by atomic mass is 10.2. The van der Waals surface area contributed by atoms with Gasteiger partial charge in [0.25, 0.3) is 0 Å². The highest BCUT2D eigenvalue weighted by atomic mass is 32.2. The van der Waals surface area contributed by atoms with E-state index < -0.39 is 34.7 Å². The van der Waals surface area contributed by atoms with Gasteiger partial charge >= 0.3 is 5.97 Å². The minimum Gasteiger partial charge on any atom is -0.497 e. The third-order valence-electron chi connectivity index (χ3n) is 2.43. The van der Waals surface area contributed by atoms with Gasteiger partial charge < -0.3 is 20.1 Å². The molecule has 1 aromatic carbocycles. The van der Waals surface area contributed by atoms with Crippen molar-refractivity contribution in [2.45, 2.75) is 23.6 Å². The molecule has 0 aromatic heterocycles. The van der Waals surface area contributed by atoms with E-state index in [9.17, 15) is 13.2 Å². The van der Waals surface area contributed by atoms with Crippen LogP contribution in [0.4, 0.5) is 0 Å². The van der Waals surface area contributed by atoms with Crippen LogP contribution < -0.4 is 9.46 Å². The van der Waals surface area contributed by atoms with E-state index in [1.165, 1.54) is 31.4 Å². The first kappa shape index (κ1) is 16.4. The van der Waals surface area contributed by atoms with Crippen molar-refractivity contribution in [3.05, 3.63) is 24.3 Å². The summed E-state index contributed by atoms with van der Waals surface area (Å²) in [6.45, 7) is 0. The van der Waals surface area contributed by atoms with Crippen LogP contribution in [0.15, 0.2) is 29.2 Å². The Hall–Kier alpha value is -1.68. The molecule has 0 aliphatic carbocycles. The Morgan fingerprint density at radius 1 is 1.30 bits per heavy atom. The van der Waals surface area contributed by atoms with E-state index in [0.717, 1.165) is 0 Å². The van der Waals surface area contributed by atoms with E-state index in [0.29, 0.717) is 5.75 Å². The van der Waals surface area contributed by atoms with Gasteiger partial charge in [-0.25, -0.2) is 13.1 Å². The fraction of sp³-hybridized carbons (Fsp3) is 0.364. The number of rotatable bonds is 7. The third-order valence-corrected chi connectivity index (χ3v) is 3.94. The summed E-state index contributed by atoms with van der Waals surface area (Å²) in [5, 5.41) is 26.6. The maximum Gasteiger partial charge on any atom is 0.305 e. The van der Waals surface area contributed by atoms with Crippen LogP contribution in [-0.2, 0) is 14.8 Å². The summed E-state index contributed by atoms with van der Waals surface area (Å²) in [5.41, 5.74) is 0. The second-order valence-corrected chi connectivity index (χ2v) is 5.63. The molecule has 0 amide bonds. The molecule has 1 atom stereocenters. The van der Waals surface area contributed by atoms with Crippen molar-refractivity contribution in [3.63, 3.8) is 0 Å². The molecule has 0 spiro atoms. The number of carboxylic acid groups (broad SMARTS) is 1. The molecule has 0 fully saturated rings. The molecule has 0 aliphatic rings. The summed E-state index contributed by atoms with van der Waals surface area (Å²) in [6.07, 6.45) is -2.88. The smallest absolute Gasteiger partial charge is 0.305 e. The third kappa shape index (κ3) is 4.46. The zero-order valence-electron chi connectivity index (χ0n) is 10.6. The lowest BCUT2D eigenvalue weighted by Crippen LogP contribution is -2.44. The molecular weight excluding hydrogens is 290 g/mol. The van der Waals surface area contributed by atoms with Crippen molar-refractivity contribution >= 4 is 16.0 Å². The fourth-order valence-electron chi connectivity index (χ4n) is 1.42. The van der Waals surface area contributed by atoms with Gasteiger partial charge in [0.2, 0.25) is 10.0 Å². The number of aliphatic hydroxyl groups is 2. The average molecular weight is 305 g/mol. The number of methoxy groups -OCH3 is 1. The second-order valence-electron chi connectivity index (χ2n) is 3.91. The van der Waals surface area contributed by atoms with Crippen molar-refractivity contribution < 1.29 is 33.3 Å². The largest absolute Gasteiger partial charge is 0.497 e. The number of ether oxygens (including phenoxy) is 1. The van der Waals surface area contributed by atoms with Gasteiger partial charge in [0, 0.05) is 0 Å². The van der Waals surface area contributed by atoms with Crippen LogP contribution in [0.25, 0.3) is 0 Å². The number of carboxylic acids is 1. The number of benzene rings is 1. The average Bonchev–Trinajstić information content (AvgIpc) is 2.37. The maximum absolute atomic E-state index is 12.0. The van der Waals surface area contributed by atoms with Crippen molar-refractivity contribution in [1.82, 2.24) is 4.72 Å².